The normalized spacial score (nSPS) is 29.1. The molecule has 1 aromatic heterocycles. The predicted molar refractivity (Wildman–Crippen MR) is 101 cm³/mol. The molecule has 5 nitrogen and oxygen atoms in total. The van der Waals surface area contributed by atoms with Crippen LogP contribution in [-0.4, -0.2) is 28.7 Å². The van der Waals surface area contributed by atoms with E-state index in [0.717, 1.165) is 41.0 Å². The van der Waals surface area contributed by atoms with Crippen molar-refractivity contribution in [2.45, 2.75) is 50.5 Å². The van der Waals surface area contributed by atoms with Crippen LogP contribution in [-0.2, 0) is 4.74 Å². The van der Waals surface area contributed by atoms with Gasteiger partial charge in [-0.2, -0.15) is 5.10 Å². The van der Waals surface area contributed by atoms with Gasteiger partial charge in [0.15, 0.2) is 0 Å². The average Bonchev–Trinajstić information content (AvgIpc) is 3.24. The van der Waals surface area contributed by atoms with Crippen LogP contribution in [0, 0.1) is 0 Å². The van der Waals surface area contributed by atoms with Crippen molar-refractivity contribution >= 4 is 21.6 Å². The van der Waals surface area contributed by atoms with Crippen LogP contribution in [0.3, 0.4) is 0 Å². The smallest absolute Gasteiger partial charge is 0.203 e. The number of furan rings is 1. The summed E-state index contributed by atoms with van der Waals surface area (Å²) in [5, 5.41) is 7.15. The van der Waals surface area contributed by atoms with Gasteiger partial charge >= 0.3 is 0 Å². The van der Waals surface area contributed by atoms with Crippen molar-refractivity contribution in [1.82, 2.24) is 5.01 Å². The quantitative estimate of drug-likeness (QED) is 0.664. The summed E-state index contributed by atoms with van der Waals surface area (Å²) in [7, 11) is 0. The lowest BCUT2D eigenvalue weighted by Crippen LogP contribution is -2.60. The van der Waals surface area contributed by atoms with Crippen LogP contribution in [0.15, 0.2) is 50.6 Å². The van der Waals surface area contributed by atoms with Gasteiger partial charge in [0.25, 0.3) is 0 Å². The van der Waals surface area contributed by atoms with E-state index in [0.29, 0.717) is 6.61 Å². The molecule has 5 rings (SSSR count). The largest absolute Gasteiger partial charge is 0.466 e. The van der Waals surface area contributed by atoms with Crippen molar-refractivity contribution < 1.29 is 13.9 Å². The number of fused-ring (bicyclic) bond motifs is 4. The van der Waals surface area contributed by atoms with Gasteiger partial charge < -0.3 is 13.9 Å². The highest BCUT2D eigenvalue weighted by atomic mass is 79.9. The summed E-state index contributed by atoms with van der Waals surface area (Å²) < 4.78 is 19.3. The molecular weight excluding hydrogens is 396 g/mol. The monoisotopic (exact) mass is 416 g/mol. The van der Waals surface area contributed by atoms with Gasteiger partial charge in [0.1, 0.15) is 17.2 Å². The Morgan fingerprint density at radius 2 is 2.15 bits per heavy atom. The summed E-state index contributed by atoms with van der Waals surface area (Å²) in [5.41, 5.74) is 1.40. The molecule has 0 amide bonds. The Kier molecular flexibility index (Phi) is 3.53. The summed E-state index contributed by atoms with van der Waals surface area (Å²) in [4.78, 5) is 0. The molecule has 0 unspecified atom stereocenters. The third-order valence-electron chi connectivity index (χ3n) is 5.45. The fourth-order valence-corrected chi connectivity index (χ4v) is 4.80. The highest BCUT2D eigenvalue weighted by molar-refractivity contribution is 9.10. The first-order valence-electron chi connectivity index (χ1n) is 8.99. The molecule has 4 heterocycles. The van der Waals surface area contributed by atoms with Gasteiger partial charge in [-0.1, -0.05) is 15.9 Å². The molecule has 3 aliphatic heterocycles. The second kappa shape index (κ2) is 5.60. The zero-order valence-electron chi connectivity index (χ0n) is 14.9. The lowest BCUT2D eigenvalue weighted by atomic mass is 9.86. The number of rotatable bonds is 1. The fourth-order valence-electron chi connectivity index (χ4n) is 4.42. The molecule has 3 aliphatic rings. The van der Waals surface area contributed by atoms with Gasteiger partial charge in [-0.05, 0) is 44.2 Å². The first-order chi connectivity index (χ1) is 12.5. The number of hydrogen-bond acceptors (Lipinski definition) is 5. The van der Waals surface area contributed by atoms with E-state index in [-0.39, 0.29) is 11.6 Å². The second-order valence-corrected chi connectivity index (χ2v) is 8.77. The van der Waals surface area contributed by atoms with Crippen LogP contribution in [0.5, 0.6) is 5.75 Å². The van der Waals surface area contributed by atoms with E-state index in [1.807, 2.05) is 18.2 Å². The van der Waals surface area contributed by atoms with Crippen molar-refractivity contribution in [1.29, 1.82) is 0 Å². The van der Waals surface area contributed by atoms with Crippen LogP contribution >= 0.6 is 15.9 Å². The lowest BCUT2D eigenvalue weighted by molar-refractivity contribution is -0.212. The van der Waals surface area contributed by atoms with Crippen molar-refractivity contribution in [2.75, 3.05) is 6.61 Å². The molecule has 1 fully saturated rings. The molecule has 26 heavy (non-hydrogen) atoms. The molecule has 0 saturated carbocycles. The molecule has 1 spiro atoms. The van der Waals surface area contributed by atoms with E-state index in [1.54, 1.807) is 6.26 Å². The Bertz CT molecular complexity index is 877. The molecule has 2 atom stereocenters. The van der Waals surface area contributed by atoms with Gasteiger partial charge in [0.2, 0.25) is 5.72 Å². The third kappa shape index (κ3) is 2.50. The van der Waals surface area contributed by atoms with Crippen molar-refractivity contribution in [3.8, 4) is 5.75 Å². The molecule has 0 radical (unpaired) electrons. The Labute approximate surface area is 161 Å². The minimum Gasteiger partial charge on any atom is -0.466 e. The number of ether oxygens (including phenoxy) is 2. The standard InChI is InChI=1S/C20H21BrN2O3/c1-19(2)12-20(7-9-25-19)23-16(11-15(22-23)18-4-3-8-24-18)14-10-13(21)5-6-17(14)26-20/h3-6,8,10,16H,7,9,11-12H2,1-2H3/t16-,20+/m1/s1. The first-order valence-corrected chi connectivity index (χ1v) is 9.78. The van der Waals surface area contributed by atoms with Gasteiger partial charge in [-0.25, -0.2) is 5.01 Å². The zero-order valence-corrected chi connectivity index (χ0v) is 16.5. The molecule has 0 aliphatic carbocycles. The minimum absolute atomic E-state index is 0.144. The molecule has 0 bridgehead atoms. The summed E-state index contributed by atoms with van der Waals surface area (Å²) in [6, 6.07) is 10.3. The van der Waals surface area contributed by atoms with Gasteiger partial charge in [0.05, 0.1) is 24.5 Å². The van der Waals surface area contributed by atoms with Crippen molar-refractivity contribution in [3.63, 3.8) is 0 Å². The van der Waals surface area contributed by atoms with Crippen molar-refractivity contribution in [2.24, 2.45) is 5.10 Å². The summed E-state index contributed by atoms with van der Waals surface area (Å²) in [6.07, 6.45) is 4.06. The number of benzene rings is 1. The van der Waals surface area contributed by atoms with E-state index in [9.17, 15) is 0 Å². The zero-order chi connectivity index (χ0) is 17.9. The summed E-state index contributed by atoms with van der Waals surface area (Å²) >= 11 is 3.60. The molecule has 136 valence electrons. The van der Waals surface area contributed by atoms with Crippen LogP contribution in [0.4, 0.5) is 0 Å². The van der Waals surface area contributed by atoms with E-state index >= 15 is 0 Å². The van der Waals surface area contributed by atoms with E-state index in [4.69, 9.17) is 19.0 Å². The van der Waals surface area contributed by atoms with E-state index < -0.39 is 5.72 Å². The van der Waals surface area contributed by atoms with Crippen LogP contribution in [0.1, 0.15) is 50.5 Å². The number of halogens is 1. The van der Waals surface area contributed by atoms with E-state index in [2.05, 4.69) is 46.9 Å². The average molecular weight is 417 g/mol. The van der Waals surface area contributed by atoms with Crippen LogP contribution in [0.25, 0.3) is 0 Å². The number of nitrogens with zero attached hydrogens (tertiary/aromatic N) is 2. The predicted octanol–water partition coefficient (Wildman–Crippen LogP) is 4.87. The Balaban J connectivity index is 1.63. The first kappa shape index (κ1) is 16.4. The Hall–Kier alpha value is -1.79. The molecular formula is C20H21BrN2O3. The molecule has 1 saturated heterocycles. The summed E-state index contributed by atoms with van der Waals surface area (Å²) in [6.45, 7) is 4.90. The van der Waals surface area contributed by atoms with Gasteiger partial charge in [-0.15, -0.1) is 0 Å². The topological polar surface area (TPSA) is 47.2 Å². The maximum Gasteiger partial charge on any atom is 0.203 e. The fraction of sp³-hybridized carbons (Fsp3) is 0.450. The number of hydrogen-bond donors (Lipinski definition) is 0. The maximum absolute atomic E-state index is 6.62. The molecule has 1 aromatic carbocycles. The highest BCUT2D eigenvalue weighted by Gasteiger charge is 2.54. The Morgan fingerprint density at radius 1 is 1.27 bits per heavy atom. The van der Waals surface area contributed by atoms with E-state index in [1.165, 1.54) is 5.56 Å². The summed E-state index contributed by atoms with van der Waals surface area (Å²) in [5.74, 6) is 1.78. The molecule has 0 N–H and O–H groups in total. The van der Waals surface area contributed by atoms with Gasteiger partial charge in [0, 0.05) is 29.3 Å². The Morgan fingerprint density at radius 3 is 2.92 bits per heavy atom. The minimum atomic E-state index is -0.485. The second-order valence-electron chi connectivity index (χ2n) is 7.85. The SMILES string of the molecule is CC1(C)C[C@]2(CCO1)Oc1ccc(Br)cc1[C@H]1CC(c3ccco3)=NN12. The third-order valence-corrected chi connectivity index (χ3v) is 5.94. The van der Waals surface area contributed by atoms with Crippen molar-refractivity contribution in [3.05, 3.63) is 52.4 Å². The van der Waals surface area contributed by atoms with Gasteiger partial charge in [-0.3, -0.25) is 0 Å². The molecule has 6 heteroatoms. The maximum atomic E-state index is 6.62. The lowest BCUT2D eigenvalue weighted by Gasteiger charge is -2.52. The number of hydrazone groups is 1. The molecule has 2 aromatic rings. The van der Waals surface area contributed by atoms with Crippen LogP contribution in [0.2, 0.25) is 0 Å². The highest BCUT2D eigenvalue weighted by Crippen LogP contribution is 2.52. The van der Waals surface area contributed by atoms with Crippen LogP contribution < -0.4 is 4.74 Å².